The molecule has 0 aliphatic carbocycles. The van der Waals surface area contributed by atoms with Crippen molar-refractivity contribution in [1.29, 1.82) is 0 Å². The van der Waals surface area contributed by atoms with Gasteiger partial charge in [-0.05, 0) is 23.6 Å². The van der Waals surface area contributed by atoms with Gasteiger partial charge in [-0.25, -0.2) is 4.79 Å². The van der Waals surface area contributed by atoms with E-state index < -0.39 is 35.2 Å². The van der Waals surface area contributed by atoms with Crippen LogP contribution in [0.25, 0.3) is 0 Å². The summed E-state index contributed by atoms with van der Waals surface area (Å²) in [5, 5.41) is 2.34. The summed E-state index contributed by atoms with van der Waals surface area (Å²) in [4.78, 5) is 40.1. The predicted molar refractivity (Wildman–Crippen MR) is 123 cm³/mol. The molecule has 0 bridgehead atoms. The molecule has 2 unspecified atom stereocenters. The minimum absolute atomic E-state index is 0.0923. The number of amides is 3. The van der Waals surface area contributed by atoms with Gasteiger partial charge in [0.05, 0.1) is 0 Å². The van der Waals surface area contributed by atoms with Gasteiger partial charge in [-0.15, -0.1) is 0 Å². The van der Waals surface area contributed by atoms with E-state index in [1.54, 1.807) is 6.92 Å². The normalized spacial score (nSPS) is 22.9. The Morgan fingerprint density at radius 3 is 2.00 bits per heavy atom. The lowest BCUT2D eigenvalue weighted by Crippen LogP contribution is -2.84. The Hall–Kier alpha value is -3.97. The van der Waals surface area contributed by atoms with Crippen LogP contribution < -0.4 is 5.32 Å². The van der Waals surface area contributed by atoms with E-state index in [2.05, 4.69) is 5.32 Å². The summed E-state index contributed by atoms with van der Waals surface area (Å²) in [6, 6.07) is 26.8. The molecule has 2 fully saturated rings. The van der Waals surface area contributed by atoms with Gasteiger partial charge in [0, 0.05) is 0 Å². The summed E-state index contributed by atoms with van der Waals surface area (Å²) in [7, 11) is 0. The molecule has 3 aromatic carbocycles. The number of imide groups is 1. The quantitative estimate of drug-likeness (QED) is 0.575. The van der Waals surface area contributed by atoms with Gasteiger partial charge in [0.2, 0.25) is 0 Å². The van der Waals surface area contributed by atoms with Gasteiger partial charge in [-0.3, -0.25) is 14.9 Å². The zero-order valence-electron chi connectivity index (χ0n) is 18.6. The predicted octanol–water partition coefficient (Wildman–Crippen LogP) is 3.38. The molecule has 0 saturated carbocycles. The van der Waals surface area contributed by atoms with Crippen molar-refractivity contribution in [2.75, 3.05) is 6.54 Å². The summed E-state index contributed by atoms with van der Waals surface area (Å²) < 4.78 is 11.9. The van der Waals surface area contributed by atoms with E-state index in [4.69, 9.17) is 9.47 Å². The van der Waals surface area contributed by atoms with Crippen LogP contribution in [0.3, 0.4) is 0 Å². The van der Waals surface area contributed by atoms with Crippen LogP contribution in [0, 0.1) is 0 Å². The molecule has 5 rings (SSSR count). The third-order valence-electron chi connectivity index (χ3n) is 6.47. The number of hydrogen-bond donors (Lipinski definition) is 1. The molecule has 172 valence electrons. The third-order valence-corrected chi connectivity index (χ3v) is 6.47. The van der Waals surface area contributed by atoms with Gasteiger partial charge >= 0.3 is 12.0 Å². The fourth-order valence-corrected chi connectivity index (χ4v) is 4.93. The Morgan fingerprint density at radius 1 is 0.912 bits per heavy atom. The topological polar surface area (TPSA) is 84.9 Å². The van der Waals surface area contributed by atoms with Crippen LogP contribution in [0.5, 0.6) is 0 Å². The average Bonchev–Trinajstić information content (AvgIpc) is 2.86. The lowest BCUT2D eigenvalue weighted by Gasteiger charge is -2.64. The highest BCUT2D eigenvalue weighted by Gasteiger charge is 2.73. The molecule has 0 spiro atoms. The first kappa shape index (κ1) is 21.9. The highest BCUT2D eigenvalue weighted by atomic mass is 16.6. The maximum Gasteiger partial charge on any atom is 0.326 e. The first-order valence-corrected chi connectivity index (χ1v) is 11.1. The van der Waals surface area contributed by atoms with Crippen molar-refractivity contribution >= 4 is 17.9 Å². The maximum atomic E-state index is 13.0. The summed E-state index contributed by atoms with van der Waals surface area (Å²) in [6.07, 6.45) is 0. The number of carbonyl (C=O) groups excluding carboxylic acids is 3. The Labute approximate surface area is 197 Å². The standard InChI is InChI=1S/C27H24N2O5/c1-26-23(27(34-26,20-13-7-3-8-14-20)21-15-9-4-10-16-21)29(25(32)28-24(26)31)17-22(30)33-18-19-11-5-2-6-12-19/h2-16,23H,17-18H2,1H3,(H,28,31,32). The van der Waals surface area contributed by atoms with Crippen LogP contribution in [0.1, 0.15) is 23.6 Å². The first-order valence-electron chi connectivity index (χ1n) is 11.1. The smallest absolute Gasteiger partial charge is 0.326 e. The third kappa shape index (κ3) is 3.45. The fraction of sp³-hybridized carbons (Fsp3) is 0.222. The second-order valence-electron chi connectivity index (χ2n) is 8.61. The maximum absolute atomic E-state index is 13.0. The van der Waals surface area contributed by atoms with Crippen molar-refractivity contribution in [2.45, 2.75) is 30.8 Å². The molecule has 0 aromatic heterocycles. The van der Waals surface area contributed by atoms with Gasteiger partial charge in [0.1, 0.15) is 24.8 Å². The molecule has 3 amide bonds. The van der Waals surface area contributed by atoms with E-state index in [1.165, 1.54) is 4.90 Å². The number of nitrogens with one attached hydrogen (secondary N) is 1. The monoisotopic (exact) mass is 456 g/mol. The molecule has 7 nitrogen and oxygen atoms in total. The molecular weight excluding hydrogens is 432 g/mol. The van der Waals surface area contributed by atoms with Gasteiger partial charge in [-0.1, -0.05) is 91.0 Å². The minimum atomic E-state index is -1.33. The molecule has 3 aromatic rings. The summed E-state index contributed by atoms with van der Waals surface area (Å²) >= 11 is 0. The number of urea groups is 1. The number of hydrogen-bond acceptors (Lipinski definition) is 5. The van der Waals surface area contributed by atoms with Gasteiger partial charge in [-0.2, -0.15) is 0 Å². The molecule has 2 aliphatic rings. The fourth-order valence-electron chi connectivity index (χ4n) is 4.93. The van der Waals surface area contributed by atoms with Crippen LogP contribution in [-0.2, 0) is 31.3 Å². The minimum Gasteiger partial charge on any atom is -0.459 e. The highest BCUT2D eigenvalue weighted by molar-refractivity contribution is 6.04. The summed E-state index contributed by atoms with van der Waals surface area (Å²) in [5.74, 6) is -1.10. The number of carbonyl (C=O) groups is 3. The largest absolute Gasteiger partial charge is 0.459 e. The van der Waals surface area contributed by atoms with E-state index in [0.717, 1.165) is 16.7 Å². The molecular formula is C27H24N2O5. The molecule has 34 heavy (non-hydrogen) atoms. The van der Waals surface area contributed by atoms with Crippen molar-refractivity contribution in [3.8, 4) is 0 Å². The second-order valence-corrected chi connectivity index (χ2v) is 8.61. The lowest BCUT2D eigenvalue weighted by molar-refractivity contribution is -0.292. The van der Waals surface area contributed by atoms with E-state index in [1.807, 2.05) is 91.0 Å². The van der Waals surface area contributed by atoms with E-state index in [0.29, 0.717) is 0 Å². The number of nitrogens with zero attached hydrogens (tertiary/aromatic N) is 1. The van der Waals surface area contributed by atoms with E-state index >= 15 is 0 Å². The van der Waals surface area contributed by atoms with E-state index in [-0.39, 0.29) is 13.2 Å². The molecule has 2 aliphatic heterocycles. The summed E-state index contributed by atoms with van der Waals surface area (Å²) in [6.45, 7) is 1.41. The van der Waals surface area contributed by atoms with Crippen molar-refractivity contribution < 1.29 is 23.9 Å². The van der Waals surface area contributed by atoms with Gasteiger partial charge in [0.15, 0.2) is 5.60 Å². The van der Waals surface area contributed by atoms with Crippen LogP contribution in [0.4, 0.5) is 4.79 Å². The SMILES string of the molecule is CC12OC(c3ccccc3)(c3ccccc3)C1N(CC(=O)OCc1ccccc1)C(=O)NC2=O. The van der Waals surface area contributed by atoms with E-state index in [9.17, 15) is 14.4 Å². The van der Waals surface area contributed by atoms with Gasteiger partial charge in [0.25, 0.3) is 5.91 Å². The molecule has 2 saturated heterocycles. The van der Waals surface area contributed by atoms with Crippen molar-refractivity contribution in [3.05, 3.63) is 108 Å². The first-order chi connectivity index (χ1) is 16.4. The zero-order valence-corrected chi connectivity index (χ0v) is 18.6. The average molecular weight is 456 g/mol. The Kier molecular flexibility index (Phi) is 5.42. The second kappa shape index (κ2) is 8.43. The number of esters is 1. The van der Waals surface area contributed by atoms with Crippen LogP contribution in [0.2, 0.25) is 0 Å². The number of fused-ring (bicyclic) bond motifs is 1. The molecule has 2 heterocycles. The summed E-state index contributed by atoms with van der Waals surface area (Å²) in [5.41, 5.74) is -0.0412. The number of rotatable bonds is 6. The zero-order chi connectivity index (χ0) is 23.8. The molecule has 1 N–H and O–H groups in total. The Morgan fingerprint density at radius 2 is 1.44 bits per heavy atom. The Bertz CT molecular complexity index is 1180. The number of ether oxygens (including phenoxy) is 2. The Balaban J connectivity index is 1.51. The van der Waals surface area contributed by atoms with Crippen LogP contribution in [0.15, 0.2) is 91.0 Å². The van der Waals surface area contributed by atoms with Crippen molar-refractivity contribution in [2.24, 2.45) is 0 Å². The molecule has 0 radical (unpaired) electrons. The molecule has 7 heteroatoms. The van der Waals surface area contributed by atoms with Crippen LogP contribution >= 0.6 is 0 Å². The molecule has 2 atom stereocenters. The highest BCUT2D eigenvalue weighted by Crippen LogP contribution is 2.56. The number of benzene rings is 3. The van der Waals surface area contributed by atoms with Crippen molar-refractivity contribution in [1.82, 2.24) is 10.2 Å². The lowest BCUT2D eigenvalue weighted by atomic mass is 9.65. The van der Waals surface area contributed by atoms with Crippen molar-refractivity contribution in [3.63, 3.8) is 0 Å². The van der Waals surface area contributed by atoms with Gasteiger partial charge < -0.3 is 14.4 Å². The van der Waals surface area contributed by atoms with Crippen LogP contribution in [-0.4, -0.2) is 41.0 Å².